The summed E-state index contributed by atoms with van der Waals surface area (Å²) in [5, 5.41) is 0. The quantitative estimate of drug-likeness (QED) is 0.314. The molecule has 0 N–H and O–H groups in total. The Morgan fingerprint density at radius 1 is 0.775 bits per heavy atom. The predicted molar refractivity (Wildman–Crippen MR) is 155 cm³/mol. The van der Waals surface area contributed by atoms with Gasteiger partial charge >= 0.3 is 5.69 Å². The number of hydrogen-bond donors (Lipinski definition) is 0. The minimum atomic E-state index is -0.448. The van der Waals surface area contributed by atoms with E-state index >= 15 is 0 Å². The van der Waals surface area contributed by atoms with Crippen molar-refractivity contribution in [3.63, 3.8) is 0 Å². The second-order valence-corrected chi connectivity index (χ2v) is 10.4. The molecule has 0 unspecified atom stereocenters. The van der Waals surface area contributed by atoms with E-state index in [4.69, 9.17) is 0 Å². The molecule has 0 bridgehead atoms. The highest BCUT2D eigenvalue weighted by atomic mass is 16.2. The van der Waals surface area contributed by atoms with Gasteiger partial charge < -0.3 is 4.90 Å². The predicted octanol–water partition coefficient (Wildman–Crippen LogP) is 1.84. The number of piperazine rings is 1. The van der Waals surface area contributed by atoms with Crippen molar-refractivity contribution in [3.05, 3.63) is 115 Å². The van der Waals surface area contributed by atoms with E-state index in [-0.39, 0.29) is 22.8 Å². The minimum Gasteiger partial charge on any atom is -0.301 e. The molecule has 6 rings (SSSR count). The van der Waals surface area contributed by atoms with E-state index in [1.165, 1.54) is 28.8 Å². The van der Waals surface area contributed by atoms with Crippen LogP contribution in [0.4, 0.5) is 0 Å². The zero-order valence-electron chi connectivity index (χ0n) is 22.8. The fraction of sp³-hybridized carbons (Fsp3) is 0.333. The second kappa shape index (κ2) is 10.7. The van der Waals surface area contributed by atoms with Gasteiger partial charge in [-0.3, -0.25) is 32.6 Å². The van der Waals surface area contributed by atoms with Gasteiger partial charge in [-0.15, -0.1) is 0 Å². The first kappa shape index (κ1) is 26.0. The molecular formula is C30H33N7O3. The SMILES string of the molecule is Cn1c(=O)c2c(nc3n(CCCN4CCN(C(c5ccccc5)c5ccccc5)CC4)c(=O)ccn23)n(C)c1=O. The lowest BCUT2D eigenvalue weighted by molar-refractivity contribution is 0.108. The molecule has 0 radical (unpaired) electrons. The van der Waals surface area contributed by atoms with E-state index in [1.54, 1.807) is 22.2 Å². The average Bonchev–Trinajstić information content (AvgIpc) is 3.38. The van der Waals surface area contributed by atoms with Crippen LogP contribution in [0, 0.1) is 0 Å². The first-order valence-electron chi connectivity index (χ1n) is 13.7. The van der Waals surface area contributed by atoms with Crippen LogP contribution in [0.2, 0.25) is 0 Å². The Morgan fingerprint density at radius 3 is 2.02 bits per heavy atom. The van der Waals surface area contributed by atoms with Gasteiger partial charge in [0.05, 0.1) is 6.04 Å². The summed E-state index contributed by atoms with van der Waals surface area (Å²) < 4.78 is 5.62. The van der Waals surface area contributed by atoms with Gasteiger partial charge in [0.2, 0.25) is 5.78 Å². The smallest absolute Gasteiger partial charge is 0.301 e. The molecule has 206 valence electrons. The van der Waals surface area contributed by atoms with Crippen LogP contribution in [0.15, 0.2) is 87.3 Å². The fourth-order valence-corrected chi connectivity index (χ4v) is 5.85. The van der Waals surface area contributed by atoms with Crippen LogP contribution in [0.3, 0.4) is 0 Å². The number of aromatic nitrogens is 5. The summed E-state index contributed by atoms with van der Waals surface area (Å²) in [6, 6.07) is 23.0. The molecule has 2 aromatic carbocycles. The van der Waals surface area contributed by atoms with Gasteiger partial charge in [-0.2, -0.15) is 4.98 Å². The van der Waals surface area contributed by atoms with Crippen LogP contribution in [0.1, 0.15) is 23.6 Å². The molecule has 10 nitrogen and oxygen atoms in total. The zero-order chi connectivity index (χ0) is 27.8. The van der Waals surface area contributed by atoms with E-state index in [9.17, 15) is 14.4 Å². The average molecular weight is 540 g/mol. The molecule has 0 amide bonds. The maximum atomic E-state index is 12.8. The first-order valence-corrected chi connectivity index (χ1v) is 13.7. The topological polar surface area (TPSA) is 89.8 Å². The largest absolute Gasteiger partial charge is 0.332 e. The zero-order valence-corrected chi connectivity index (χ0v) is 22.8. The van der Waals surface area contributed by atoms with Crippen LogP contribution < -0.4 is 16.8 Å². The third-order valence-electron chi connectivity index (χ3n) is 8.01. The molecule has 10 heteroatoms. The molecule has 40 heavy (non-hydrogen) atoms. The number of aryl methyl sites for hydroxylation is 2. The van der Waals surface area contributed by atoms with Gasteiger partial charge in [-0.25, -0.2) is 4.79 Å². The number of rotatable bonds is 7. The summed E-state index contributed by atoms with van der Waals surface area (Å²) >= 11 is 0. The summed E-state index contributed by atoms with van der Waals surface area (Å²) in [5.41, 5.74) is 2.10. The van der Waals surface area contributed by atoms with Crippen molar-refractivity contribution in [1.82, 2.24) is 32.9 Å². The van der Waals surface area contributed by atoms with Gasteiger partial charge in [0.1, 0.15) is 0 Å². The minimum absolute atomic E-state index is 0.178. The lowest BCUT2D eigenvalue weighted by Crippen LogP contribution is -2.48. The van der Waals surface area contributed by atoms with Gasteiger partial charge in [0.15, 0.2) is 11.2 Å². The summed E-state index contributed by atoms with van der Waals surface area (Å²) in [6.45, 7) is 5.11. The third-order valence-corrected chi connectivity index (χ3v) is 8.01. The van der Waals surface area contributed by atoms with Crippen LogP contribution in [0.5, 0.6) is 0 Å². The van der Waals surface area contributed by atoms with Crippen molar-refractivity contribution in [3.8, 4) is 0 Å². The van der Waals surface area contributed by atoms with Crippen molar-refractivity contribution in [1.29, 1.82) is 0 Å². The van der Waals surface area contributed by atoms with Crippen molar-refractivity contribution in [2.24, 2.45) is 14.1 Å². The molecule has 1 saturated heterocycles. The fourth-order valence-electron chi connectivity index (χ4n) is 5.85. The van der Waals surface area contributed by atoms with Crippen molar-refractivity contribution in [2.45, 2.75) is 19.0 Å². The van der Waals surface area contributed by atoms with Gasteiger partial charge in [-0.05, 0) is 24.1 Å². The monoisotopic (exact) mass is 539 g/mol. The van der Waals surface area contributed by atoms with Crippen molar-refractivity contribution >= 4 is 16.9 Å². The molecule has 0 atom stereocenters. The molecule has 3 aromatic heterocycles. The number of benzene rings is 2. The molecular weight excluding hydrogens is 506 g/mol. The highest BCUT2D eigenvalue weighted by Crippen LogP contribution is 2.29. The molecule has 1 aliphatic heterocycles. The lowest BCUT2D eigenvalue weighted by Gasteiger charge is -2.39. The molecule has 0 aliphatic carbocycles. The summed E-state index contributed by atoms with van der Waals surface area (Å²) in [5.74, 6) is 0.374. The van der Waals surface area contributed by atoms with Crippen LogP contribution >= 0.6 is 0 Å². The van der Waals surface area contributed by atoms with Gasteiger partial charge in [-0.1, -0.05) is 60.7 Å². The number of nitrogens with zero attached hydrogens (tertiary/aromatic N) is 7. The Labute approximate surface area is 231 Å². The van der Waals surface area contributed by atoms with Crippen molar-refractivity contribution < 1.29 is 0 Å². The van der Waals surface area contributed by atoms with E-state index in [1.807, 2.05) is 0 Å². The number of hydrogen-bond acceptors (Lipinski definition) is 6. The van der Waals surface area contributed by atoms with Gasteiger partial charge in [0, 0.05) is 59.1 Å². The van der Waals surface area contributed by atoms with Crippen LogP contribution in [-0.4, -0.2) is 65.6 Å². The molecule has 0 spiro atoms. The molecule has 5 aromatic rings. The standard InChI is InChI=1S/C30H33N7O3/c1-32-27-26(28(39)33(2)30(32)40)37-17-14-24(38)36(29(37)31-27)16-9-15-34-18-20-35(21-19-34)25(22-10-5-3-6-11-22)23-12-7-4-8-13-23/h3-8,10-14,17,25H,9,15-16,18-21H2,1-2H3. The Bertz CT molecular complexity index is 1790. The Hall–Kier alpha value is -4.28. The molecule has 1 fully saturated rings. The maximum Gasteiger partial charge on any atom is 0.332 e. The van der Waals surface area contributed by atoms with E-state index in [2.05, 4.69) is 75.4 Å². The first-order chi connectivity index (χ1) is 19.4. The molecule has 4 heterocycles. The third kappa shape index (κ3) is 4.59. The highest BCUT2D eigenvalue weighted by Gasteiger charge is 2.26. The Kier molecular flexibility index (Phi) is 6.95. The van der Waals surface area contributed by atoms with E-state index in [0.29, 0.717) is 12.3 Å². The summed E-state index contributed by atoms with van der Waals surface area (Å²) in [6.07, 6.45) is 2.32. The van der Waals surface area contributed by atoms with Crippen LogP contribution in [0.25, 0.3) is 16.9 Å². The molecule has 1 aliphatic rings. The van der Waals surface area contributed by atoms with Crippen molar-refractivity contribution in [2.75, 3.05) is 32.7 Å². The Balaban J connectivity index is 1.16. The second-order valence-electron chi connectivity index (χ2n) is 10.4. The molecule has 0 saturated carbocycles. The number of fused-ring (bicyclic) bond motifs is 3. The Morgan fingerprint density at radius 2 is 1.40 bits per heavy atom. The van der Waals surface area contributed by atoms with Gasteiger partial charge in [0.25, 0.3) is 11.1 Å². The van der Waals surface area contributed by atoms with Crippen LogP contribution in [-0.2, 0) is 20.6 Å². The summed E-state index contributed by atoms with van der Waals surface area (Å²) in [7, 11) is 3.03. The lowest BCUT2D eigenvalue weighted by atomic mass is 9.96. The maximum absolute atomic E-state index is 12.8. The number of imidazole rings is 1. The van der Waals surface area contributed by atoms with E-state index < -0.39 is 11.2 Å². The normalized spacial score (nSPS) is 15.0. The summed E-state index contributed by atoms with van der Waals surface area (Å²) in [4.78, 5) is 47.6. The highest BCUT2D eigenvalue weighted by molar-refractivity contribution is 5.75. The van der Waals surface area contributed by atoms with E-state index in [0.717, 1.165) is 43.7 Å².